The molecule has 0 spiro atoms. The number of thiocarbonyl (C=S) groups is 1. The average molecular weight is 688 g/mol. The number of nitrogens with one attached hydrogen (secondary N) is 1. The van der Waals surface area contributed by atoms with Crippen LogP contribution in [0.4, 0.5) is 4.79 Å². The van der Waals surface area contributed by atoms with Crippen molar-refractivity contribution in [3.63, 3.8) is 0 Å². The molecule has 3 fully saturated rings. The smallest absolute Gasteiger partial charge is 0.408 e. The third-order valence-corrected chi connectivity index (χ3v) is 9.89. The molecule has 3 amide bonds. The number of hydrogen-bond donors (Lipinski definition) is 2. The number of alkyl carbamates (subject to hydrolysis) is 1. The monoisotopic (exact) mass is 687 g/mol. The second-order valence-corrected chi connectivity index (χ2v) is 15.1. The van der Waals surface area contributed by atoms with Crippen LogP contribution in [0.3, 0.4) is 0 Å². The van der Waals surface area contributed by atoms with Gasteiger partial charge in [0.15, 0.2) is 0 Å². The average Bonchev–Trinajstić information content (AvgIpc) is 3.74. The summed E-state index contributed by atoms with van der Waals surface area (Å²) in [4.78, 5) is 52.4. The largest absolute Gasteiger partial charge is 0.464 e. The first-order valence-electron chi connectivity index (χ1n) is 15.4. The highest BCUT2D eigenvalue weighted by Gasteiger charge is 2.48. The van der Waals surface area contributed by atoms with E-state index in [4.69, 9.17) is 43.4 Å². The molecule has 46 heavy (non-hydrogen) atoms. The number of thioether (sulfide) groups is 1. The molecule has 246 valence electrons. The molecule has 0 radical (unpaired) electrons. The van der Waals surface area contributed by atoms with Crippen molar-refractivity contribution in [2.75, 3.05) is 6.61 Å². The Bertz CT molecular complexity index is 1550. The van der Waals surface area contributed by atoms with Crippen molar-refractivity contribution in [2.45, 2.75) is 83.4 Å². The second kappa shape index (κ2) is 14.2. The van der Waals surface area contributed by atoms with E-state index in [-0.39, 0.29) is 18.6 Å². The first-order valence-corrected chi connectivity index (χ1v) is 17.0. The van der Waals surface area contributed by atoms with Gasteiger partial charge in [-0.2, -0.15) is 0 Å². The van der Waals surface area contributed by atoms with E-state index in [0.717, 1.165) is 24.0 Å². The third-order valence-electron chi connectivity index (χ3n) is 8.30. The van der Waals surface area contributed by atoms with Gasteiger partial charge in [-0.05, 0) is 101 Å². The van der Waals surface area contributed by atoms with Crippen molar-refractivity contribution in [1.29, 1.82) is 0 Å². The topological polar surface area (TPSA) is 141 Å². The molecule has 4 atom stereocenters. The number of primary amides is 1. The normalized spacial score (nSPS) is 22.4. The molecule has 2 saturated carbocycles. The Morgan fingerprint density at radius 3 is 2.59 bits per heavy atom. The van der Waals surface area contributed by atoms with E-state index in [9.17, 15) is 19.2 Å². The minimum atomic E-state index is -1.29. The lowest BCUT2D eigenvalue weighted by molar-refractivity contribution is -0.147. The van der Waals surface area contributed by atoms with Crippen molar-refractivity contribution in [2.24, 2.45) is 17.6 Å². The fraction of sp³-hybridized carbons (Fsp3) is 0.485. The maximum atomic E-state index is 13.6. The van der Waals surface area contributed by atoms with Crippen molar-refractivity contribution >= 4 is 69.9 Å². The summed E-state index contributed by atoms with van der Waals surface area (Å²) < 4.78 is 17.4. The standard InChI is InChI=1S/C33H38ClN3O7S2/c1-33(2,3)44-31(41)36-23(16-28(35)38)30(40)42-12-4-5-21-15-25(19-8-10-22(34)11-9-19)43-26(21)17-27-29(39)37(32(45)46-27)24-14-18-6-7-20(24)13-18/h8-11,15,17-18,20,23-24H,4-7,12-14,16H2,1-3H3,(H2,35,38)(H,36,41)/b27-17-/t18-,20-,23?,24-/m0/s1. The Kier molecular flexibility index (Phi) is 10.5. The molecule has 3 aliphatic rings. The summed E-state index contributed by atoms with van der Waals surface area (Å²) in [6, 6.07) is 8.01. The van der Waals surface area contributed by atoms with E-state index in [1.165, 1.54) is 24.6 Å². The molecule has 1 unspecified atom stereocenters. The summed E-state index contributed by atoms with van der Waals surface area (Å²) in [7, 11) is 0. The number of ether oxygens (including phenoxy) is 2. The van der Waals surface area contributed by atoms with Gasteiger partial charge in [-0.3, -0.25) is 14.5 Å². The molecule has 1 aliphatic heterocycles. The number of amides is 3. The molecule has 2 aliphatic carbocycles. The van der Waals surface area contributed by atoms with Gasteiger partial charge >= 0.3 is 12.1 Å². The first-order chi connectivity index (χ1) is 21.8. The van der Waals surface area contributed by atoms with Crippen LogP contribution >= 0.6 is 35.6 Å². The highest BCUT2D eigenvalue weighted by Crippen LogP contribution is 2.49. The minimum Gasteiger partial charge on any atom is -0.464 e. The summed E-state index contributed by atoms with van der Waals surface area (Å²) in [5.74, 6) is 0.631. The number of esters is 1. The number of halogens is 1. The number of carbonyl (C=O) groups excluding carboxylic acids is 4. The van der Waals surface area contributed by atoms with Gasteiger partial charge in [0.25, 0.3) is 5.91 Å². The van der Waals surface area contributed by atoms with Gasteiger partial charge < -0.3 is 24.9 Å². The molecule has 2 aromatic rings. The molecule has 1 aromatic carbocycles. The van der Waals surface area contributed by atoms with Crippen molar-refractivity contribution < 1.29 is 33.1 Å². The number of carbonyl (C=O) groups is 4. The lowest BCUT2D eigenvalue weighted by atomic mass is 9.94. The van der Waals surface area contributed by atoms with Gasteiger partial charge in [-0.1, -0.05) is 42.0 Å². The van der Waals surface area contributed by atoms with Crippen LogP contribution in [0.2, 0.25) is 5.02 Å². The molecular formula is C33H38ClN3O7S2. The maximum Gasteiger partial charge on any atom is 0.408 e. The molecule has 1 aromatic heterocycles. The van der Waals surface area contributed by atoms with Crippen LogP contribution in [0.15, 0.2) is 39.7 Å². The van der Waals surface area contributed by atoms with Crippen LogP contribution in [-0.4, -0.2) is 57.4 Å². The molecular weight excluding hydrogens is 650 g/mol. The molecule has 5 rings (SSSR count). The number of furan rings is 1. The van der Waals surface area contributed by atoms with Gasteiger partial charge in [-0.25, -0.2) is 9.59 Å². The zero-order chi connectivity index (χ0) is 33.2. The number of aryl methyl sites for hydroxylation is 1. The lowest BCUT2D eigenvalue weighted by Crippen LogP contribution is -2.46. The third kappa shape index (κ3) is 8.32. The number of nitrogens with two attached hydrogens (primary N) is 1. The van der Waals surface area contributed by atoms with Crippen LogP contribution in [0.1, 0.15) is 70.6 Å². The highest BCUT2D eigenvalue weighted by molar-refractivity contribution is 8.26. The van der Waals surface area contributed by atoms with Gasteiger partial charge in [0, 0.05) is 22.7 Å². The molecule has 2 bridgehead atoms. The molecule has 2 heterocycles. The second-order valence-electron chi connectivity index (χ2n) is 12.9. The molecule has 3 N–H and O–H groups in total. The van der Waals surface area contributed by atoms with E-state index in [2.05, 4.69) is 5.32 Å². The van der Waals surface area contributed by atoms with Crippen molar-refractivity contribution in [1.82, 2.24) is 10.2 Å². The van der Waals surface area contributed by atoms with E-state index in [1.54, 1.807) is 39.0 Å². The highest BCUT2D eigenvalue weighted by atomic mass is 35.5. The van der Waals surface area contributed by atoms with E-state index < -0.39 is 36.0 Å². The summed E-state index contributed by atoms with van der Waals surface area (Å²) in [5, 5.41) is 2.96. The van der Waals surface area contributed by atoms with Crippen LogP contribution in [0, 0.1) is 11.8 Å². The quantitative estimate of drug-likeness (QED) is 0.122. The lowest BCUT2D eigenvalue weighted by Gasteiger charge is -2.30. The Labute approximate surface area is 282 Å². The molecule has 10 nitrogen and oxygen atoms in total. The summed E-state index contributed by atoms with van der Waals surface area (Å²) in [6.45, 7) is 5.03. The summed E-state index contributed by atoms with van der Waals surface area (Å²) >= 11 is 13.1. The summed E-state index contributed by atoms with van der Waals surface area (Å²) in [5.41, 5.74) is 6.11. The fourth-order valence-electron chi connectivity index (χ4n) is 6.31. The minimum absolute atomic E-state index is 0.00264. The predicted octanol–water partition coefficient (Wildman–Crippen LogP) is 6.23. The zero-order valence-corrected chi connectivity index (χ0v) is 28.4. The van der Waals surface area contributed by atoms with Gasteiger partial charge in [0.1, 0.15) is 27.5 Å². The molecule has 1 saturated heterocycles. The molecule has 13 heteroatoms. The summed E-state index contributed by atoms with van der Waals surface area (Å²) in [6.07, 6.45) is 5.84. The zero-order valence-electron chi connectivity index (χ0n) is 26.0. The van der Waals surface area contributed by atoms with E-state index in [1.807, 2.05) is 23.1 Å². The maximum absolute atomic E-state index is 13.6. The van der Waals surface area contributed by atoms with E-state index >= 15 is 0 Å². The van der Waals surface area contributed by atoms with Crippen molar-refractivity contribution in [3.05, 3.63) is 51.6 Å². The number of rotatable bonds is 11. The Balaban J connectivity index is 1.28. The van der Waals surface area contributed by atoms with Crippen LogP contribution < -0.4 is 11.1 Å². The number of hydrogen-bond acceptors (Lipinski definition) is 9. The number of benzene rings is 1. The Morgan fingerprint density at radius 2 is 1.96 bits per heavy atom. The van der Waals surface area contributed by atoms with Gasteiger partial charge in [0.05, 0.1) is 17.9 Å². The first kappa shape index (κ1) is 34.0. The SMILES string of the molecule is CC(C)(C)OC(=O)NC(CC(N)=O)C(=O)OCCCc1cc(-c2ccc(Cl)cc2)oc1/C=C1\SC(=S)N([C@H]2C[C@H]3CC[C@H]2C3)C1=O. The Hall–Kier alpha value is -3.35. The van der Waals surface area contributed by atoms with Crippen molar-refractivity contribution in [3.8, 4) is 11.3 Å². The number of nitrogens with zero attached hydrogens (tertiary/aromatic N) is 1. The van der Waals surface area contributed by atoms with Crippen LogP contribution in [0.25, 0.3) is 17.4 Å². The van der Waals surface area contributed by atoms with Crippen LogP contribution in [0.5, 0.6) is 0 Å². The van der Waals surface area contributed by atoms with Gasteiger partial charge in [-0.15, -0.1) is 0 Å². The fourth-order valence-corrected chi connectivity index (χ4v) is 7.78. The van der Waals surface area contributed by atoms with E-state index in [0.29, 0.717) is 50.4 Å². The number of fused-ring (bicyclic) bond motifs is 2. The Morgan fingerprint density at radius 1 is 1.22 bits per heavy atom. The predicted molar refractivity (Wildman–Crippen MR) is 180 cm³/mol. The van der Waals surface area contributed by atoms with Crippen LogP contribution in [-0.2, 0) is 30.3 Å². The van der Waals surface area contributed by atoms with Gasteiger partial charge in [0.2, 0.25) is 5.91 Å².